The molecule has 0 aromatic rings. The van der Waals surface area contributed by atoms with Crippen LogP contribution in [0.3, 0.4) is 0 Å². The highest BCUT2D eigenvalue weighted by atomic mass is 31.2. The summed E-state index contributed by atoms with van der Waals surface area (Å²) >= 11 is 0. The van der Waals surface area contributed by atoms with Crippen LogP contribution in [-0.4, -0.2) is 75.6 Å². The third-order valence-corrected chi connectivity index (χ3v) is 12.9. The van der Waals surface area contributed by atoms with Crippen LogP contribution < -0.4 is 0 Å². The van der Waals surface area contributed by atoms with Crippen LogP contribution in [0.1, 0.15) is 232 Å². The molecule has 0 aromatic carbocycles. The van der Waals surface area contributed by atoms with Crippen LogP contribution in [0.4, 0.5) is 0 Å². The van der Waals surface area contributed by atoms with Crippen LogP contribution in [0.5, 0.6) is 0 Å². The van der Waals surface area contributed by atoms with Gasteiger partial charge in [-0.2, -0.15) is 0 Å². The van der Waals surface area contributed by atoms with Gasteiger partial charge in [0.1, 0.15) is 19.3 Å². The maximum atomic E-state index is 12.8. The lowest BCUT2D eigenvalue weighted by molar-refractivity contribution is -0.870. The molecule has 0 bridgehead atoms. The number of ether oxygens (including phenoxy) is 2. The number of rotatable bonds is 52. The maximum Gasteiger partial charge on any atom is 0.472 e. The third-order valence-electron chi connectivity index (χ3n) is 11.9. The molecule has 69 heavy (non-hydrogen) atoms. The van der Waals surface area contributed by atoms with Crippen molar-refractivity contribution >= 4 is 13.8 Å². The average Bonchev–Trinajstić information content (AvgIpc) is 3.31. The second-order valence-electron chi connectivity index (χ2n) is 19.9. The van der Waals surface area contributed by atoms with Crippen LogP contribution >= 0.6 is 7.82 Å². The van der Waals surface area contributed by atoms with Gasteiger partial charge in [-0.25, -0.2) is 4.57 Å². The van der Waals surface area contributed by atoms with Gasteiger partial charge in [-0.1, -0.05) is 221 Å². The largest absolute Gasteiger partial charge is 0.472 e. The quantitative estimate of drug-likeness (QED) is 0.0213. The van der Waals surface area contributed by atoms with Gasteiger partial charge < -0.3 is 18.9 Å². The minimum Gasteiger partial charge on any atom is -0.457 e. The molecule has 0 aromatic heterocycles. The van der Waals surface area contributed by atoms with Crippen molar-refractivity contribution in [2.24, 2.45) is 0 Å². The number of hydrogen-bond acceptors (Lipinski definition) is 6. The number of phosphoric acid groups is 1. The van der Waals surface area contributed by atoms with Crippen LogP contribution in [0, 0.1) is 0 Å². The van der Waals surface area contributed by atoms with Gasteiger partial charge in [0.2, 0.25) is 0 Å². The van der Waals surface area contributed by atoms with Crippen LogP contribution in [0.15, 0.2) is 85.1 Å². The van der Waals surface area contributed by atoms with Gasteiger partial charge in [-0.3, -0.25) is 13.8 Å². The van der Waals surface area contributed by atoms with E-state index in [-0.39, 0.29) is 25.8 Å². The van der Waals surface area contributed by atoms with E-state index < -0.39 is 13.9 Å². The Kier molecular flexibility index (Phi) is 50.3. The first-order valence-electron chi connectivity index (χ1n) is 28.3. The van der Waals surface area contributed by atoms with Crippen molar-refractivity contribution in [2.45, 2.75) is 238 Å². The van der Waals surface area contributed by atoms with Gasteiger partial charge in [0.25, 0.3) is 0 Å². The molecule has 0 heterocycles. The Morgan fingerprint density at radius 3 is 1.28 bits per heavy atom. The van der Waals surface area contributed by atoms with E-state index in [0.717, 1.165) is 83.5 Å². The molecule has 2 unspecified atom stereocenters. The van der Waals surface area contributed by atoms with Crippen LogP contribution in [0.2, 0.25) is 0 Å². The highest BCUT2D eigenvalue weighted by Gasteiger charge is 2.26. The first-order valence-corrected chi connectivity index (χ1v) is 29.8. The van der Waals surface area contributed by atoms with Crippen LogP contribution in [0.25, 0.3) is 0 Å². The number of carbonyl (C=O) groups is 1. The summed E-state index contributed by atoms with van der Waals surface area (Å²) in [5.74, 6) is -0.322. The normalized spacial score (nSPS) is 14.1. The number of quaternary nitrogens is 1. The van der Waals surface area contributed by atoms with E-state index >= 15 is 0 Å². The van der Waals surface area contributed by atoms with Gasteiger partial charge in [-0.15, -0.1) is 0 Å². The topological polar surface area (TPSA) is 91.3 Å². The lowest BCUT2D eigenvalue weighted by atomic mass is 10.0. The molecule has 0 aliphatic carbocycles. The maximum absolute atomic E-state index is 12.8. The van der Waals surface area contributed by atoms with E-state index in [4.69, 9.17) is 18.5 Å². The van der Waals surface area contributed by atoms with Crippen molar-refractivity contribution in [3.05, 3.63) is 85.1 Å². The van der Waals surface area contributed by atoms with Crippen molar-refractivity contribution in [3.63, 3.8) is 0 Å². The highest BCUT2D eigenvalue weighted by molar-refractivity contribution is 7.47. The summed E-state index contributed by atoms with van der Waals surface area (Å²) in [4.78, 5) is 23.1. The molecule has 0 aliphatic rings. The van der Waals surface area contributed by atoms with Gasteiger partial charge in [0.15, 0.2) is 0 Å². The minimum absolute atomic E-state index is 0.0805. The average molecular weight is 988 g/mol. The summed E-state index contributed by atoms with van der Waals surface area (Å²) in [5, 5.41) is 0. The molecular weight excluding hydrogens is 878 g/mol. The SMILES string of the molecule is CC/C=C\C/C=C\C/C=C\C/C=C\C/C=C\C/C=C\CCCCCCCOCC(COP(=O)(O)OCC[N+](C)(C)C)OC(=O)CCCCCCCCCCCCC/C=C\CCCCCCCCCC. The highest BCUT2D eigenvalue weighted by Crippen LogP contribution is 2.43. The van der Waals surface area contributed by atoms with Crippen molar-refractivity contribution in [1.29, 1.82) is 0 Å². The predicted octanol–water partition coefficient (Wildman–Crippen LogP) is 18.0. The molecule has 0 saturated carbocycles. The van der Waals surface area contributed by atoms with Crippen molar-refractivity contribution < 1.29 is 37.3 Å². The van der Waals surface area contributed by atoms with Crippen molar-refractivity contribution in [3.8, 4) is 0 Å². The first-order chi connectivity index (χ1) is 33.6. The van der Waals surface area contributed by atoms with Crippen molar-refractivity contribution in [2.75, 3.05) is 54.1 Å². The van der Waals surface area contributed by atoms with E-state index in [2.05, 4.69) is 98.9 Å². The fourth-order valence-corrected chi connectivity index (χ4v) is 8.35. The Morgan fingerprint density at radius 2 is 0.841 bits per heavy atom. The van der Waals surface area contributed by atoms with Crippen molar-refractivity contribution in [1.82, 2.24) is 0 Å². The molecule has 0 saturated heterocycles. The number of likely N-dealkylation sites (N-methyl/N-ethyl adjacent to an activating group) is 1. The number of hydrogen-bond donors (Lipinski definition) is 1. The summed E-state index contributed by atoms with van der Waals surface area (Å²) in [6, 6.07) is 0. The van der Waals surface area contributed by atoms with Gasteiger partial charge in [0.05, 0.1) is 34.4 Å². The molecule has 0 amide bonds. The minimum atomic E-state index is -4.30. The van der Waals surface area contributed by atoms with E-state index in [1.807, 2.05) is 21.1 Å². The molecule has 0 radical (unpaired) electrons. The second kappa shape index (κ2) is 52.0. The zero-order valence-corrected chi connectivity index (χ0v) is 46.4. The zero-order chi connectivity index (χ0) is 50.5. The molecule has 0 spiro atoms. The zero-order valence-electron chi connectivity index (χ0n) is 45.5. The molecule has 1 N–H and O–H groups in total. The molecule has 2 atom stereocenters. The molecule has 9 heteroatoms. The third kappa shape index (κ3) is 56.5. The fourth-order valence-electron chi connectivity index (χ4n) is 7.61. The summed E-state index contributed by atoms with van der Waals surface area (Å²) in [7, 11) is 1.65. The summed E-state index contributed by atoms with van der Waals surface area (Å²) in [6.45, 7) is 5.47. The van der Waals surface area contributed by atoms with Gasteiger partial charge in [-0.05, 0) is 89.9 Å². The second-order valence-corrected chi connectivity index (χ2v) is 21.4. The number of phosphoric ester groups is 1. The van der Waals surface area contributed by atoms with Gasteiger partial charge >= 0.3 is 13.8 Å². The van der Waals surface area contributed by atoms with Crippen LogP contribution in [-0.2, 0) is 27.9 Å². The Labute approximate surface area is 426 Å². The van der Waals surface area contributed by atoms with E-state index in [1.54, 1.807) is 0 Å². The Hall–Kier alpha value is -2.32. The first kappa shape index (κ1) is 66.7. The Morgan fingerprint density at radius 1 is 0.464 bits per heavy atom. The molecule has 8 nitrogen and oxygen atoms in total. The number of esters is 1. The van der Waals surface area contributed by atoms with E-state index in [9.17, 15) is 14.3 Å². The number of carbonyl (C=O) groups excluding carboxylic acids is 1. The summed E-state index contributed by atoms with van der Waals surface area (Å²) < 4.78 is 35.2. The molecule has 0 rings (SSSR count). The number of allylic oxidation sites excluding steroid dienone is 14. The fraction of sp³-hybridized carbons (Fsp3) is 0.750. The lowest BCUT2D eigenvalue weighted by Gasteiger charge is -2.24. The number of unbranched alkanes of at least 4 members (excludes halogenated alkanes) is 24. The standard InChI is InChI=1S/C60H108NO7P/c1-6-8-10-12-14-16-18-20-22-24-26-28-30-32-34-36-38-40-42-44-46-48-50-52-55-65-57-59(58-67-69(63,64)66-56-54-61(3,4)5)68-60(62)53-51-49-47-45-43-41-39-37-35-33-31-29-27-25-23-21-19-17-15-13-11-9-7-2/h8,10,14,16,20,22,25-28,32,34,38,40,59H,6-7,9,11-13,15,17-19,21,23-24,29-31,33,35-37,39,41-58H2,1-5H3/p+1/b10-8-,16-14-,22-20-,27-25-,28-26-,34-32-,40-38-. The monoisotopic (exact) mass is 987 g/mol. The summed E-state index contributed by atoms with van der Waals surface area (Å²) in [5.41, 5.74) is 0. The van der Waals surface area contributed by atoms with E-state index in [1.165, 1.54) is 128 Å². The Balaban J connectivity index is 4.15. The smallest absolute Gasteiger partial charge is 0.457 e. The molecular formula is C60H109NO7P+. The predicted molar refractivity (Wildman–Crippen MR) is 298 cm³/mol. The molecule has 400 valence electrons. The summed E-state index contributed by atoms with van der Waals surface area (Å²) in [6.07, 6.45) is 70.7. The lowest BCUT2D eigenvalue weighted by Crippen LogP contribution is -2.37. The Bertz CT molecular complexity index is 1380. The molecule has 0 aliphatic heterocycles. The molecule has 0 fully saturated rings. The van der Waals surface area contributed by atoms with Gasteiger partial charge in [0, 0.05) is 13.0 Å². The number of nitrogens with zero attached hydrogens (tertiary/aromatic N) is 1. The van der Waals surface area contributed by atoms with E-state index in [0.29, 0.717) is 24.1 Å².